The molecule has 208 valence electrons. The topological polar surface area (TPSA) is 43.8 Å². The van der Waals surface area contributed by atoms with Crippen molar-refractivity contribution in [3.8, 4) is 0 Å². The summed E-state index contributed by atoms with van der Waals surface area (Å²) in [5, 5.41) is 10.5. The van der Waals surface area contributed by atoms with Gasteiger partial charge in [-0.15, -0.1) is 0 Å². The minimum Gasteiger partial charge on any atom is -0.480 e. The van der Waals surface area contributed by atoms with Crippen LogP contribution in [0.1, 0.15) is 61.8 Å². The summed E-state index contributed by atoms with van der Waals surface area (Å²) >= 11 is 0. The molecule has 4 heteroatoms. The van der Waals surface area contributed by atoms with Crippen molar-refractivity contribution < 1.29 is 9.90 Å². The number of hydrogen-bond donors (Lipinski definition) is 1. The van der Waals surface area contributed by atoms with Crippen LogP contribution in [0.2, 0.25) is 0 Å². The van der Waals surface area contributed by atoms with E-state index in [1.54, 1.807) is 0 Å². The molecule has 0 bridgehead atoms. The summed E-state index contributed by atoms with van der Waals surface area (Å²) < 4.78 is 0. The first-order valence-corrected chi connectivity index (χ1v) is 14.9. The van der Waals surface area contributed by atoms with Crippen LogP contribution in [-0.4, -0.2) is 52.6 Å². The average Bonchev–Trinajstić information content (AvgIpc) is 2.95. The predicted molar refractivity (Wildman–Crippen MR) is 161 cm³/mol. The molecule has 0 spiro atoms. The highest BCUT2D eigenvalue weighted by Gasteiger charge is 2.38. The molecule has 1 heterocycles. The number of aliphatic carboxylic acids is 1. The molecule has 3 aromatic rings. The van der Waals surface area contributed by atoms with E-state index in [0.717, 1.165) is 70.3 Å². The Bertz CT molecular complexity index is 1110. The third kappa shape index (κ3) is 8.52. The minimum absolute atomic E-state index is 0.193. The maximum absolute atomic E-state index is 12.8. The van der Waals surface area contributed by atoms with Crippen molar-refractivity contribution in [2.45, 2.75) is 77.4 Å². The molecular weight excluding hydrogens is 480 g/mol. The van der Waals surface area contributed by atoms with Crippen LogP contribution in [0.5, 0.6) is 0 Å². The third-order valence-corrected chi connectivity index (χ3v) is 8.21. The van der Waals surface area contributed by atoms with Gasteiger partial charge in [-0.1, -0.05) is 98.8 Å². The Hall–Kier alpha value is -2.95. The van der Waals surface area contributed by atoms with E-state index in [2.05, 4.69) is 109 Å². The van der Waals surface area contributed by atoms with Crippen molar-refractivity contribution in [3.63, 3.8) is 0 Å². The minimum atomic E-state index is -0.713. The summed E-state index contributed by atoms with van der Waals surface area (Å²) in [7, 11) is 0. The quantitative estimate of drug-likeness (QED) is 0.249. The van der Waals surface area contributed by atoms with Crippen LogP contribution in [0.3, 0.4) is 0 Å². The van der Waals surface area contributed by atoms with Crippen LogP contribution in [-0.2, 0) is 30.6 Å². The molecule has 0 saturated carbocycles. The number of carboxylic acids is 1. The largest absolute Gasteiger partial charge is 0.480 e. The summed E-state index contributed by atoms with van der Waals surface area (Å²) in [5.74, 6) is -0.289. The Kier molecular flexibility index (Phi) is 11.2. The van der Waals surface area contributed by atoms with E-state index >= 15 is 0 Å². The molecule has 1 saturated heterocycles. The lowest BCUT2D eigenvalue weighted by atomic mass is 9.80. The Labute approximate surface area is 235 Å². The fourth-order valence-electron chi connectivity index (χ4n) is 6.36. The van der Waals surface area contributed by atoms with Crippen molar-refractivity contribution in [1.29, 1.82) is 0 Å². The van der Waals surface area contributed by atoms with E-state index in [9.17, 15) is 9.90 Å². The number of benzene rings is 3. The third-order valence-electron chi connectivity index (χ3n) is 8.21. The SMILES string of the molecule is CCCN(CCC)Cc1ccc(CC(C(=O)O)N2CCCC(Cc3ccccc3)C2Cc2ccccc2)cc1. The lowest BCUT2D eigenvalue weighted by Gasteiger charge is -2.44. The van der Waals surface area contributed by atoms with Crippen LogP contribution in [0, 0.1) is 5.92 Å². The Morgan fingerprint density at radius 3 is 1.95 bits per heavy atom. The standard InChI is InChI=1S/C35H46N2O2/c1-3-21-36(22-4-2)27-31-19-17-30(18-20-31)26-34(35(38)39)37-23-11-16-32(24-28-12-7-5-8-13-28)33(37)25-29-14-9-6-10-15-29/h5-10,12-15,17-20,32-34H,3-4,11,16,21-27H2,1-2H3,(H,38,39). The highest BCUT2D eigenvalue weighted by molar-refractivity contribution is 5.74. The van der Waals surface area contributed by atoms with Crippen molar-refractivity contribution in [3.05, 3.63) is 107 Å². The molecular formula is C35H46N2O2. The van der Waals surface area contributed by atoms with Gasteiger partial charge in [0.1, 0.15) is 6.04 Å². The van der Waals surface area contributed by atoms with Gasteiger partial charge in [0.05, 0.1) is 0 Å². The molecule has 39 heavy (non-hydrogen) atoms. The van der Waals surface area contributed by atoms with Crippen LogP contribution in [0.15, 0.2) is 84.9 Å². The Morgan fingerprint density at radius 1 is 0.821 bits per heavy atom. The lowest BCUT2D eigenvalue weighted by Crippen LogP contribution is -2.55. The van der Waals surface area contributed by atoms with Gasteiger partial charge in [-0.3, -0.25) is 14.6 Å². The first-order chi connectivity index (χ1) is 19.1. The second-order valence-corrected chi connectivity index (χ2v) is 11.2. The van der Waals surface area contributed by atoms with Gasteiger partial charge < -0.3 is 5.11 Å². The molecule has 3 atom stereocenters. The zero-order valence-corrected chi connectivity index (χ0v) is 23.8. The van der Waals surface area contributed by atoms with Gasteiger partial charge in [0.15, 0.2) is 0 Å². The second kappa shape index (κ2) is 15.0. The molecule has 4 nitrogen and oxygen atoms in total. The second-order valence-electron chi connectivity index (χ2n) is 11.2. The summed E-state index contributed by atoms with van der Waals surface area (Å²) in [5.41, 5.74) is 5.03. The summed E-state index contributed by atoms with van der Waals surface area (Å²) in [6.07, 6.45) is 6.89. The van der Waals surface area contributed by atoms with Crippen molar-refractivity contribution in [2.75, 3.05) is 19.6 Å². The van der Waals surface area contributed by atoms with Crippen molar-refractivity contribution >= 4 is 5.97 Å². The molecule has 0 aliphatic carbocycles. The van der Waals surface area contributed by atoms with Crippen molar-refractivity contribution in [1.82, 2.24) is 9.80 Å². The Morgan fingerprint density at radius 2 is 1.38 bits per heavy atom. The van der Waals surface area contributed by atoms with Gasteiger partial charge in [0, 0.05) is 12.6 Å². The summed E-state index contributed by atoms with van der Waals surface area (Å²) in [6, 6.07) is 29.6. The molecule has 1 aliphatic rings. The van der Waals surface area contributed by atoms with Gasteiger partial charge in [-0.05, 0) is 92.8 Å². The molecule has 3 unspecified atom stereocenters. The molecule has 0 amide bonds. The highest BCUT2D eigenvalue weighted by Crippen LogP contribution is 2.32. The van der Waals surface area contributed by atoms with E-state index in [-0.39, 0.29) is 6.04 Å². The van der Waals surface area contributed by atoms with Crippen LogP contribution in [0.4, 0.5) is 0 Å². The molecule has 1 N–H and O–H groups in total. The van der Waals surface area contributed by atoms with E-state index in [1.807, 2.05) is 0 Å². The number of hydrogen-bond acceptors (Lipinski definition) is 3. The molecule has 0 aromatic heterocycles. The maximum atomic E-state index is 12.8. The van der Waals surface area contributed by atoms with Gasteiger partial charge in [-0.25, -0.2) is 0 Å². The number of piperidine rings is 1. The number of rotatable bonds is 14. The normalized spacial score (nSPS) is 18.7. The monoisotopic (exact) mass is 526 g/mol. The van der Waals surface area contributed by atoms with E-state index in [0.29, 0.717) is 12.3 Å². The van der Waals surface area contributed by atoms with Gasteiger partial charge in [0.25, 0.3) is 0 Å². The van der Waals surface area contributed by atoms with Crippen LogP contribution in [0.25, 0.3) is 0 Å². The molecule has 1 fully saturated rings. The predicted octanol–water partition coefficient (Wildman–Crippen LogP) is 6.87. The number of carboxylic acid groups (broad SMARTS) is 1. The Balaban J connectivity index is 1.53. The van der Waals surface area contributed by atoms with Gasteiger partial charge >= 0.3 is 5.97 Å². The fraction of sp³-hybridized carbons (Fsp3) is 0.457. The molecule has 0 radical (unpaired) electrons. The first-order valence-electron chi connectivity index (χ1n) is 14.9. The molecule has 3 aromatic carbocycles. The van der Waals surface area contributed by atoms with E-state index in [1.165, 1.54) is 16.7 Å². The first kappa shape index (κ1) is 29.0. The highest BCUT2D eigenvalue weighted by atomic mass is 16.4. The fourth-order valence-corrected chi connectivity index (χ4v) is 6.36. The van der Waals surface area contributed by atoms with E-state index < -0.39 is 12.0 Å². The van der Waals surface area contributed by atoms with Gasteiger partial charge in [-0.2, -0.15) is 0 Å². The zero-order chi connectivity index (χ0) is 27.5. The number of carbonyl (C=O) groups is 1. The van der Waals surface area contributed by atoms with Gasteiger partial charge in [0.2, 0.25) is 0 Å². The van der Waals surface area contributed by atoms with E-state index in [4.69, 9.17) is 0 Å². The lowest BCUT2D eigenvalue weighted by molar-refractivity contribution is -0.145. The summed E-state index contributed by atoms with van der Waals surface area (Å²) in [6.45, 7) is 8.47. The van der Waals surface area contributed by atoms with Crippen LogP contribution < -0.4 is 0 Å². The van der Waals surface area contributed by atoms with Crippen LogP contribution >= 0.6 is 0 Å². The molecule has 1 aliphatic heterocycles. The summed E-state index contributed by atoms with van der Waals surface area (Å²) in [4.78, 5) is 17.6. The number of likely N-dealkylation sites (tertiary alicyclic amines) is 1. The average molecular weight is 527 g/mol. The number of nitrogens with zero attached hydrogens (tertiary/aromatic N) is 2. The molecule has 4 rings (SSSR count). The zero-order valence-electron chi connectivity index (χ0n) is 23.8. The van der Waals surface area contributed by atoms with Crippen molar-refractivity contribution in [2.24, 2.45) is 5.92 Å². The maximum Gasteiger partial charge on any atom is 0.321 e. The smallest absolute Gasteiger partial charge is 0.321 e.